The molecule has 188 valence electrons. The molecule has 0 unspecified atom stereocenters. The maximum Gasteiger partial charge on any atom is 0.325 e. The molecule has 0 aromatic rings. The van der Waals surface area contributed by atoms with Crippen molar-refractivity contribution in [3.63, 3.8) is 0 Å². The second kappa shape index (κ2) is 12.4. The number of hydrogen-bond donors (Lipinski definition) is 1. The second-order valence-electron chi connectivity index (χ2n) is 6.78. The molecule has 0 aliphatic carbocycles. The van der Waals surface area contributed by atoms with Gasteiger partial charge in [-0.05, 0) is 10.6 Å². The Kier molecular flexibility index (Phi) is 10.2. The zero-order chi connectivity index (χ0) is 26.1. The number of carbonyl (C=O) groups is 6. The Morgan fingerprint density at radius 3 is 1.97 bits per heavy atom. The van der Waals surface area contributed by atoms with Crippen molar-refractivity contribution in [1.29, 1.82) is 0 Å². The van der Waals surface area contributed by atoms with Crippen molar-refractivity contribution in [3.8, 4) is 0 Å². The Labute approximate surface area is 192 Å². The first-order valence-corrected chi connectivity index (χ1v) is 9.62. The van der Waals surface area contributed by atoms with E-state index in [1.54, 1.807) is 0 Å². The van der Waals surface area contributed by atoms with Crippen molar-refractivity contribution < 1.29 is 57.2 Å². The van der Waals surface area contributed by atoms with E-state index >= 15 is 0 Å². The van der Waals surface area contributed by atoms with E-state index in [2.05, 4.69) is 20.1 Å². The molecular formula is C18H24N4O12. The minimum absolute atomic E-state index is 0.662. The molecule has 0 saturated carbocycles. The summed E-state index contributed by atoms with van der Waals surface area (Å²) in [5, 5.41) is 5.44. The van der Waals surface area contributed by atoms with Crippen molar-refractivity contribution >= 4 is 35.8 Å². The molecule has 16 nitrogen and oxygen atoms in total. The SMILES string of the molecule is COC(=O)CNC(=O)[C@]1(N=[N+]=[N-])O[C@H](COC(C)=O)[C@H](OC(C)=O)[C@H](OC(C)=O)[C@H]1OC(C)=O. The van der Waals surface area contributed by atoms with Crippen LogP contribution in [-0.2, 0) is 57.2 Å². The standard InChI is InChI=1S/C18H24N4O12/c1-8(23)30-7-12-14(31-9(2)24)15(32-10(3)25)16(33-11(4)26)18(34-12,21-22-19)17(28)20-6-13(27)29-5/h12,14-16H,6-7H2,1-5H3,(H,20,28)/t12-,14+,15+,16-,18-/m1/s1. The zero-order valence-electron chi connectivity index (χ0n) is 19.0. The van der Waals surface area contributed by atoms with E-state index in [9.17, 15) is 34.3 Å². The lowest BCUT2D eigenvalue weighted by Gasteiger charge is -2.48. The highest BCUT2D eigenvalue weighted by Gasteiger charge is 2.63. The van der Waals surface area contributed by atoms with Crippen LogP contribution in [0.15, 0.2) is 5.11 Å². The van der Waals surface area contributed by atoms with E-state index in [4.69, 9.17) is 23.7 Å². The summed E-state index contributed by atoms with van der Waals surface area (Å²) < 4.78 is 30.4. The summed E-state index contributed by atoms with van der Waals surface area (Å²) in [6.07, 6.45) is -6.91. The van der Waals surface area contributed by atoms with E-state index in [1.165, 1.54) is 0 Å². The van der Waals surface area contributed by atoms with Crippen molar-refractivity contribution in [2.45, 2.75) is 57.8 Å². The molecule has 1 saturated heterocycles. The number of amides is 1. The van der Waals surface area contributed by atoms with Gasteiger partial charge in [-0.3, -0.25) is 28.8 Å². The summed E-state index contributed by atoms with van der Waals surface area (Å²) in [7, 11) is 1.05. The van der Waals surface area contributed by atoms with Crippen LogP contribution in [0.5, 0.6) is 0 Å². The molecule has 1 rings (SSSR count). The molecule has 0 aromatic heterocycles. The monoisotopic (exact) mass is 488 g/mol. The Morgan fingerprint density at radius 1 is 0.941 bits per heavy atom. The van der Waals surface area contributed by atoms with Crippen LogP contribution in [0.1, 0.15) is 27.7 Å². The van der Waals surface area contributed by atoms with Crippen molar-refractivity contribution in [2.75, 3.05) is 20.3 Å². The molecule has 1 aliphatic heterocycles. The van der Waals surface area contributed by atoms with Gasteiger partial charge < -0.3 is 33.7 Å². The third kappa shape index (κ3) is 7.31. The maximum absolute atomic E-state index is 13.1. The predicted octanol–water partition coefficient (Wildman–Crippen LogP) is -0.961. The molecule has 5 atom stereocenters. The van der Waals surface area contributed by atoms with E-state index in [0.717, 1.165) is 34.8 Å². The molecular weight excluding hydrogens is 464 g/mol. The summed E-state index contributed by atoms with van der Waals surface area (Å²) >= 11 is 0. The molecule has 0 spiro atoms. The topological polar surface area (TPSA) is 219 Å². The van der Waals surface area contributed by atoms with Gasteiger partial charge in [-0.2, -0.15) is 0 Å². The highest BCUT2D eigenvalue weighted by Crippen LogP contribution is 2.37. The lowest BCUT2D eigenvalue weighted by Crippen LogP contribution is -2.71. The van der Waals surface area contributed by atoms with Gasteiger partial charge in [0.05, 0.1) is 7.11 Å². The molecule has 1 heterocycles. The van der Waals surface area contributed by atoms with Gasteiger partial charge in [0.15, 0.2) is 18.3 Å². The van der Waals surface area contributed by atoms with Gasteiger partial charge in [-0.25, -0.2) is 0 Å². The van der Waals surface area contributed by atoms with E-state index in [-0.39, 0.29) is 0 Å². The van der Waals surface area contributed by atoms with Crippen LogP contribution in [0.2, 0.25) is 0 Å². The van der Waals surface area contributed by atoms with Crippen molar-refractivity contribution in [3.05, 3.63) is 10.4 Å². The first-order valence-electron chi connectivity index (χ1n) is 9.62. The summed E-state index contributed by atoms with van der Waals surface area (Å²) in [5.74, 6) is -5.86. The lowest BCUT2D eigenvalue weighted by molar-refractivity contribution is -0.277. The van der Waals surface area contributed by atoms with Crippen LogP contribution in [0.3, 0.4) is 0 Å². The second-order valence-corrected chi connectivity index (χ2v) is 6.78. The Balaban J connectivity index is 3.71. The first-order chi connectivity index (χ1) is 15.9. The van der Waals surface area contributed by atoms with Gasteiger partial charge in [-0.15, -0.1) is 0 Å². The van der Waals surface area contributed by atoms with Gasteiger partial charge >= 0.3 is 29.8 Å². The number of nitrogens with zero attached hydrogens (tertiary/aromatic N) is 3. The molecule has 0 radical (unpaired) electrons. The summed E-state index contributed by atoms with van der Waals surface area (Å²) in [4.78, 5) is 74.0. The fraction of sp³-hybridized carbons (Fsp3) is 0.667. The molecule has 16 heteroatoms. The lowest BCUT2D eigenvalue weighted by atomic mass is 9.89. The molecule has 1 fully saturated rings. The normalized spacial score (nSPS) is 25.6. The molecule has 0 bridgehead atoms. The summed E-state index contributed by atoms with van der Waals surface area (Å²) in [6, 6.07) is 0. The molecule has 1 amide bonds. The maximum atomic E-state index is 13.1. The Bertz CT molecular complexity index is 886. The number of methoxy groups -OCH3 is 1. The number of carbonyl (C=O) groups excluding carboxylic acids is 6. The number of nitrogens with one attached hydrogen (secondary N) is 1. The molecule has 1 N–H and O–H groups in total. The first kappa shape index (κ1) is 28.1. The average Bonchev–Trinajstić information content (AvgIpc) is 2.73. The quantitative estimate of drug-likeness (QED) is 0.136. The van der Waals surface area contributed by atoms with Crippen molar-refractivity contribution in [1.82, 2.24) is 5.32 Å². The van der Waals surface area contributed by atoms with Crippen molar-refractivity contribution in [2.24, 2.45) is 5.11 Å². The van der Waals surface area contributed by atoms with E-state index in [0.29, 0.717) is 0 Å². The number of hydrogen-bond acceptors (Lipinski definition) is 13. The average molecular weight is 488 g/mol. The van der Waals surface area contributed by atoms with Crippen LogP contribution in [-0.4, -0.2) is 86.2 Å². The van der Waals surface area contributed by atoms with E-state index < -0.39 is 79.0 Å². The van der Waals surface area contributed by atoms with Crippen LogP contribution >= 0.6 is 0 Å². The summed E-state index contributed by atoms with van der Waals surface area (Å²) in [5.41, 5.74) is 6.38. The molecule has 1 aliphatic rings. The van der Waals surface area contributed by atoms with Gasteiger partial charge in [0.2, 0.25) is 0 Å². The van der Waals surface area contributed by atoms with Crippen LogP contribution in [0.25, 0.3) is 10.4 Å². The van der Waals surface area contributed by atoms with Gasteiger partial charge in [0, 0.05) is 32.6 Å². The highest BCUT2D eigenvalue weighted by atomic mass is 16.7. The number of azide groups is 1. The zero-order valence-corrected chi connectivity index (χ0v) is 19.0. The number of ether oxygens (including phenoxy) is 6. The van der Waals surface area contributed by atoms with Crippen LogP contribution in [0, 0.1) is 0 Å². The molecule has 0 aromatic carbocycles. The smallest absolute Gasteiger partial charge is 0.325 e. The largest absolute Gasteiger partial charge is 0.468 e. The third-order valence-corrected chi connectivity index (χ3v) is 4.19. The van der Waals surface area contributed by atoms with Crippen LogP contribution < -0.4 is 5.32 Å². The van der Waals surface area contributed by atoms with Gasteiger partial charge in [0.25, 0.3) is 11.6 Å². The molecule has 34 heavy (non-hydrogen) atoms. The predicted molar refractivity (Wildman–Crippen MR) is 105 cm³/mol. The number of rotatable bonds is 9. The minimum Gasteiger partial charge on any atom is -0.468 e. The van der Waals surface area contributed by atoms with E-state index in [1.807, 2.05) is 0 Å². The fourth-order valence-electron chi connectivity index (χ4n) is 3.01. The third-order valence-electron chi connectivity index (χ3n) is 4.19. The van der Waals surface area contributed by atoms with Gasteiger partial charge in [0.1, 0.15) is 19.3 Å². The summed E-state index contributed by atoms with van der Waals surface area (Å²) in [6.45, 7) is 2.59. The Hall–Kier alpha value is -3.91. The number of esters is 5. The van der Waals surface area contributed by atoms with Gasteiger partial charge in [-0.1, -0.05) is 0 Å². The fourth-order valence-corrected chi connectivity index (χ4v) is 3.01. The van der Waals surface area contributed by atoms with Crippen LogP contribution in [0.4, 0.5) is 0 Å². The highest BCUT2D eigenvalue weighted by molar-refractivity contribution is 5.89. The Morgan fingerprint density at radius 2 is 1.50 bits per heavy atom. The minimum atomic E-state index is -2.80.